The van der Waals surface area contributed by atoms with Crippen LogP contribution in [0, 0.1) is 5.92 Å². The molecule has 1 N–H and O–H groups in total. The summed E-state index contributed by atoms with van der Waals surface area (Å²) in [6.07, 6.45) is 2.52. The molecule has 3 unspecified atom stereocenters. The Labute approximate surface area is 103 Å². The van der Waals surface area contributed by atoms with E-state index >= 15 is 0 Å². The topological polar surface area (TPSA) is 24.5 Å². The molecular formula is C12H24N2OS. The fourth-order valence-corrected chi connectivity index (χ4v) is 4.04. The first-order valence-electron chi connectivity index (χ1n) is 6.34. The lowest BCUT2D eigenvalue weighted by molar-refractivity contribution is 0.0177. The van der Waals surface area contributed by atoms with Crippen molar-refractivity contribution in [2.24, 2.45) is 5.92 Å². The standard InChI is InChI=1S/C12H24N2OS/c1-13-12-3-5-15-8-10(12)7-14(2)11-4-6-16-9-11/h10-13H,3-9H2,1-2H3. The Bertz CT molecular complexity index is 209. The van der Waals surface area contributed by atoms with Crippen LogP contribution < -0.4 is 5.32 Å². The van der Waals surface area contributed by atoms with Gasteiger partial charge in [0.15, 0.2) is 0 Å². The molecule has 3 nitrogen and oxygen atoms in total. The van der Waals surface area contributed by atoms with Crippen molar-refractivity contribution in [3.05, 3.63) is 0 Å². The number of ether oxygens (including phenoxy) is 1. The van der Waals surface area contributed by atoms with Gasteiger partial charge < -0.3 is 15.0 Å². The van der Waals surface area contributed by atoms with E-state index in [2.05, 4.69) is 36.1 Å². The highest BCUT2D eigenvalue weighted by Crippen LogP contribution is 2.23. The summed E-state index contributed by atoms with van der Waals surface area (Å²) in [5, 5.41) is 3.44. The lowest BCUT2D eigenvalue weighted by Gasteiger charge is -2.35. The Balaban J connectivity index is 1.81. The third-order valence-electron chi connectivity index (χ3n) is 3.90. The Morgan fingerprint density at radius 3 is 3.00 bits per heavy atom. The summed E-state index contributed by atoms with van der Waals surface area (Å²) in [6.45, 7) is 3.03. The van der Waals surface area contributed by atoms with Gasteiger partial charge in [-0.05, 0) is 32.7 Å². The summed E-state index contributed by atoms with van der Waals surface area (Å²) in [5.41, 5.74) is 0. The molecule has 0 aromatic rings. The molecule has 94 valence electrons. The normalized spacial score (nSPS) is 35.8. The van der Waals surface area contributed by atoms with Crippen molar-refractivity contribution >= 4 is 11.8 Å². The van der Waals surface area contributed by atoms with Crippen LogP contribution in [0.25, 0.3) is 0 Å². The number of nitrogens with zero attached hydrogens (tertiary/aromatic N) is 1. The fraction of sp³-hybridized carbons (Fsp3) is 1.00. The number of hydrogen-bond acceptors (Lipinski definition) is 4. The molecule has 0 bridgehead atoms. The van der Waals surface area contributed by atoms with E-state index in [4.69, 9.17) is 4.74 Å². The zero-order valence-corrected chi connectivity index (χ0v) is 11.3. The zero-order chi connectivity index (χ0) is 11.4. The number of thioether (sulfide) groups is 1. The molecule has 2 aliphatic rings. The van der Waals surface area contributed by atoms with Gasteiger partial charge in [0.25, 0.3) is 0 Å². The second kappa shape index (κ2) is 6.24. The molecule has 0 aromatic carbocycles. The molecule has 0 aliphatic carbocycles. The van der Waals surface area contributed by atoms with Crippen LogP contribution in [0.5, 0.6) is 0 Å². The minimum Gasteiger partial charge on any atom is -0.381 e. The molecule has 2 rings (SSSR count). The van der Waals surface area contributed by atoms with Crippen LogP contribution in [-0.2, 0) is 4.74 Å². The van der Waals surface area contributed by atoms with E-state index in [0.29, 0.717) is 12.0 Å². The number of rotatable bonds is 4. The largest absolute Gasteiger partial charge is 0.381 e. The second-order valence-electron chi connectivity index (χ2n) is 4.98. The van der Waals surface area contributed by atoms with Crippen molar-refractivity contribution in [1.82, 2.24) is 10.2 Å². The third-order valence-corrected chi connectivity index (χ3v) is 5.04. The van der Waals surface area contributed by atoms with Gasteiger partial charge in [-0.1, -0.05) is 0 Å². The molecule has 2 heterocycles. The zero-order valence-electron chi connectivity index (χ0n) is 10.4. The van der Waals surface area contributed by atoms with Crippen molar-refractivity contribution in [3.8, 4) is 0 Å². The summed E-state index contributed by atoms with van der Waals surface area (Å²) >= 11 is 2.09. The third kappa shape index (κ3) is 3.13. The predicted octanol–water partition coefficient (Wildman–Crippen LogP) is 1.05. The number of hydrogen-bond donors (Lipinski definition) is 1. The molecule has 4 heteroatoms. The van der Waals surface area contributed by atoms with Crippen LogP contribution in [0.1, 0.15) is 12.8 Å². The van der Waals surface area contributed by atoms with Crippen LogP contribution in [0.3, 0.4) is 0 Å². The molecule has 0 amide bonds. The van der Waals surface area contributed by atoms with Crippen molar-refractivity contribution < 1.29 is 4.74 Å². The van der Waals surface area contributed by atoms with Gasteiger partial charge >= 0.3 is 0 Å². The van der Waals surface area contributed by atoms with Crippen molar-refractivity contribution in [2.45, 2.75) is 24.9 Å². The van der Waals surface area contributed by atoms with Gasteiger partial charge in [-0.15, -0.1) is 0 Å². The van der Waals surface area contributed by atoms with Gasteiger partial charge in [0.1, 0.15) is 0 Å². The highest BCUT2D eigenvalue weighted by atomic mass is 32.2. The van der Waals surface area contributed by atoms with Crippen molar-refractivity contribution in [1.29, 1.82) is 0 Å². The van der Waals surface area contributed by atoms with Crippen molar-refractivity contribution in [2.75, 3.05) is 45.4 Å². The summed E-state index contributed by atoms with van der Waals surface area (Å²) in [5.74, 6) is 3.31. The quantitative estimate of drug-likeness (QED) is 0.799. The van der Waals surface area contributed by atoms with Gasteiger partial charge in [0.05, 0.1) is 6.61 Å². The first-order chi connectivity index (χ1) is 7.81. The Kier molecular flexibility index (Phi) is 4.95. The smallest absolute Gasteiger partial charge is 0.0521 e. The van der Waals surface area contributed by atoms with Crippen LogP contribution in [-0.4, -0.2) is 62.3 Å². The van der Waals surface area contributed by atoms with E-state index < -0.39 is 0 Å². The van der Waals surface area contributed by atoms with Gasteiger partial charge in [-0.25, -0.2) is 0 Å². The van der Waals surface area contributed by atoms with Crippen LogP contribution in [0.15, 0.2) is 0 Å². The molecule has 0 saturated carbocycles. The minimum atomic E-state index is 0.644. The van der Waals surface area contributed by atoms with Crippen LogP contribution in [0.4, 0.5) is 0 Å². The molecule has 2 saturated heterocycles. The average Bonchev–Trinajstić information content (AvgIpc) is 2.83. The molecule has 0 aromatic heterocycles. The van der Waals surface area contributed by atoms with Gasteiger partial charge in [-0.2, -0.15) is 11.8 Å². The average molecular weight is 244 g/mol. The van der Waals surface area contributed by atoms with Crippen LogP contribution >= 0.6 is 11.8 Å². The highest BCUT2D eigenvalue weighted by Gasteiger charge is 2.28. The van der Waals surface area contributed by atoms with Gasteiger partial charge in [-0.3, -0.25) is 0 Å². The monoisotopic (exact) mass is 244 g/mol. The van der Waals surface area contributed by atoms with E-state index in [9.17, 15) is 0 Å². The molecule has 0 radical (unpaired) electrons. The van der Waals surface area contributed by atoms with E-state index in [-0.39, 0.29) is 0 Å². The highest BCUT2D eigenvalue weighted by molar-refractivity contribution is 7.99. The second-order valence-corrected chi connectivity index (χ2v) is 6.13. The summed E-state index contributed by atoms with van der Waals surface area (Å²) < 4.78 is 5.61. The van der Waals surface area contributed by atoms with E-state index in [0.717, 1.165) is 25.7 Å². The maximum Gasteiger partial charge on any atom is 0.0521 e. The molecular weight excluding hydrogens is 220 g/mol. The lowest BCUT2D eigenvalue weighted by atomic mass is 9.95. The molecule has 3 atom stereocenters. The summed E-state index contributed by atoms with van der Waals surface area (Å²) in [4.78, 5) is 2.55. The number of nitrogens with one attached hydrogen (secondary N) is 1. The SMILES string of the molecule is CNC1CCOCC1CN(C)C1CCSC1. The van der Waals surface area contributed by atoms with Crippen molar-refractivity contribution in [3.63, 3.8) is 0 Å². The van der Waals surface area contributed by atoms with Crippen LogP contribution in [0.2, 0.25) is 0 Å². The molecule has 2 aliphatic heterocycles. The first-order valence-corrected chi connectivity index (χ1v) is 7.49. The maximum absolute atomic E-state index is 5.61. The summed E-state index contributed by atoms with van der Waals surface area (Å²) in [7, 11) is 4.35. The van der Waals surface area contributed by atoms with E-state index in [1.807, 2.05) is 0 Å². The molecule has 2 fully saturated rings. The fourth-order valence-electron chi connectivity index (χ4n) is 2.75. The maximum atomic E-state index is 5.61. The lowest BCUT2D eigenvalue weighted by Crippen LogP contribution is -2.47. The summed E-state index contributed by atoms with van der Waals surface area (Å²) in [6, 6.07) is 1.44. The Morgan fingerprint density at radius 1 is 1.44 bits per heavy atom. The Morgan fingerprint density at radius 2 is 2.31 bits per heavy atom. The Hall–Kier alpha value is 0.230. The van der Waals surface area contributed by atoms with Gasteiger partial charge in [0.2, 0.25) is 0 Å². The first kappa shape index (κ1) is 12.7. The molecule has 0 spiro atoms. The molecule has 16 heavy (non-hydrogen) atoms. The minimum absolute atomic E-state index is 0.644. The van der Waals surface area contributed by atoms with E-state index in [1.165, 1.54) is 24.5 Å². The van der Waals surface area contributed by atoms with Gasteiger partial charge in [0, 0.05) is 36.9 Å². The predicted molar refractivity (Wildman–Crippen MR) is 70.1 cm³/mol. The van der Waals surface area contributed by atoms with E-state index in [1.54, 1.807) is 0 Å².